The summed E-state index contributed by atoms with van der Waals surface area (Å²) in [4.78, 5) is 0.319. The molecule has 0 aliphatic carbocycles. The van der Waals surface area contributed by atoms with E-state index in [1.54, 1.807) is 35.6 Å². The summed E-state index contributed by atoms with van der Waals surface area (Å²) in [5, 5.41) is 13.2. The van der Waals surface area contributed by atoms with Crippen molar-refractivity contribution in [3.8, 4) is 10.6 Å². The molecule has 0 spiro atoms. The minimum atomic E-state index is -3.15. The number of benzene rings is 1. The number of hydrogen-bond acceptors (Lipinski definition) is 6. The lowest BCUT2D eigenvalue weighted by Crippen LogP contribution is -2.08. The molecule has 0 aliphatic rings. The van der Waals surface area contributed by atoms with Crippen molar-refractivity contribution in [3.63, 3.8) is 0 Å². The molecular formula is C13H17N3O2S2. The summed E-state index contributed by atoms with van der Waals surface area (Å²) >= 11 is 1.55. The van der Waals surface area contributed by atoms with Gasteiger partial charge in [0.2, 0.25) is 0 Å². The third-order valence-electron chi connectivity index (χ3n) is 2.81. The van der Waals surface area contributed by atoms with Crippen LogP contribution in [0.25, 0.3) is 10.6 Å². The predicted molar refractivity (Wildman–Crippen MR) is 80.7 cm³/mol. The third-order valence-corrected chi connectivity index (χ3v) is 4.97. The highest BCUT2D eigenvalue weighted by atomic mass is 32.2. The van der Waals surface area contributed by atoms with Crippen molar-refractivity contribution in [1.29, 1.82) is 0 Å². The van der Waals surface area contributed by atoms with Crippen LogP contribution < -0.4 is 5.32 Å². The summed E-state index contributed by atoms with van der Waals surface area (Å²) < 4.78 is 22.8. The number of rotatable bonds is 6. The summed E-state index contributed by atoms with van der Waals surface area (Å²) in [5.41, 5.74) is 0.898. The first-order valence-corrected chi connectivity index (χ1v) is 8.99. The second-order valence-corrected chi connectivity index (χ2v) is 7.58. The van der Waals surface area contributed by atoms with Crippen molar-refractivity contribution in [2.75, 3.05) is 19.8 Å². The van der Waals surface area contributed by atoms with Gasteiger partial charge in [-0.2, -0.15) is 0 Å². The largest absolute Gasteiger partial charge is 0.320 e. The highest BCUT2D eigenvalue weighted by molar-refractivity contribution is 7.90. The maximum atomic E-state index is 11.4. The van der Waals surface area contributed by atoms with Gasteiger partial charge in [0.15, 0.2) is 9.84 Å². The van der Waals surface area contributed by atoms with Crippen molar-refractivity contribution in [2.45, 2.75) is 17.7 Å². The molecule has 0 radical (unpaired) electrons. The van der Waals surface area contributed by atoms with Gasteiger partial charge >= 0.3 is 0 Å². The molecule has 5 nitrogen and oxygen atoms in total. The van der Waals surface area contributed by atoms with Crippen molar-refractivity contribution in [1.82, 2.24) is 15.5 Å². The first-order valence-electron chi connectivity index (χ1n) is 6.28. The molecule has 7 heteroatoms. The molecule has 0 amide bonds. The van der Waals surface area contributed by atoms with Gasteiger partial charge < -0.3 is 5.32 Å². The number of aryl methyl sites for hydroxylation is 1. The van der Waals surface area contributed by atoms with Crippen LogP contribution in [0.1, 0.15) is 11.4 Å². The van der Waals surface area contributed by atoms with Gasteiger partial charge in [0.1, 0.15) is 10.0 Å². The Morgan fingerprint density at radius 1 is 1.20 bits per heavy atom. The van der Waals surface area contributed by atoms with Gasteiger partial charge in [-0.1, -0.05) is 23.5 Å². The monoisotopic (exact) mass is 311 g/mol. The molecule has 1 N–H and O–H groups in total. The molecule has 0 fully saturated rings. The second kappa shape index (κ2) is 6.43. The molecular weight excluding hydrogens is 294 g/mol. The average molecular weight is 311 g/mol. The third kappa shape index (κ3) is 3.84. The number of nitrogens with one attached hydrogen (secondary N) is 1. The Kier molecular flexibility index (Phi) is 4.85. The molecule has 1 aromatic carbocycles. The molecule has 20 heavy (non-hydrogen) atoms. The fourth-order valence-electron chi connectivity index (χ4n) is 1.73. The van der Waals surface area contributed by atoms with Crippen LogP contribution in [-0.2, 0) is 16.3 Å². The van der Waals surface area contributed by atoms with Crippen molar-refractivity contribution in [2.24, 2.45) is 0 Å². The zero-order valence-corrected chi connectivity index (χ0v) is 13.1. The number of sulfone groups is 1. The van der Waals surface area contributed by atoms with E-state index in [2.05, 4.69) is 15.5 Å². The highest BCUT2D eigenvalue weighted by Crippen LogP contribution is 2.25. The van der Waals surface area contributed by atoms with Gasteiger partial charge in [0.25, 0.3) is 0 Å². The minimum absolute atomic E-state index is 0.319. The van der Waals surface area contributed by atoms with E-state index in [9.17, 15) is 8.42 Å². The Morgan fingerprint density at radius 2 is 1.90 bits per heavy atom. The highest BCUT2D eigenvalue weighted by Gasteiger charge is 2.09. The summed E-state index contributed by atoms with van der Waals surface area (Å²) in [6, 6.07) is 6.75. The van der Waals surface area contributed by atoms with Crippen LogP contribution in [0, 0.1) is 0 Å². The van der Waals surface area contributed by atoms with Crippen LogP contribution in [0.15, 0.2) is 29.2 Å². The van der Waals surface area contributed by atoms with E-state index in [4.69, 9.17) is 0 Å². The molecule has 0 unspecified atom stereocenters. The molecule has 0 aliphatic heterocycles. The van der Waals surface area contributed by atoms with E-state index in [-0.39, 0.29) is 0 Å². The summed E-state index contributed by atoms with van der Waals surface area (Å²) in [6.45, 7) is 0.956. The van der Waals surface area contributed by atoms with E-state index in [0.717, 1.165) is 35.0 Å². The Bertz CT molecular complexity index is 663. The molecule has 2 rings (SSSR count). The van der Waals surface area contributed by atoms with Gasteiger partial charge in [-0.05, 0) is 32.1 Å². The normalized spacial score (nSPS) is 11.7. The van der Waals surface area contributed by atoms with Gasteiger partial charge in [0.05, 0.1) is 4.90 Å². The van der Waals surface area contributed by atoms with Crippen LogP contribution in [0.3, 0.4) is 0 Å². The van der Waals surface area contributed by atoms with E-state index in [1.165, 1.54) is 6.26 Å². The van der Waals surface area contributed by atoms with E-state index in [0.29, 0.717) is 4.90 Å². The minimum Gasteiger partial charge on any atom is -0.320 e. The Hall–Kier alpha value is -1.31. The predicted octanol–water partition coefficient (Wildman–Crippen LogP) is 1.76. The quantitative estimate of drug-likeness (QED) is 0.823. The number of aromatic nitrogens is 2. The maximum absolute atomic E-state index is 11.4. The Balaban J connectivity index is 2.12. The molecule has 108 valence electrons. The zero-order chi connectivity index (χ0) is 14.6. The van der Waals surface area contributed by atoms with E-state index < -0.39 is 9.84 Å². The summed E-state index contributed by atoms with van der Waals surface area (Å²) in [7, 11) is -1.23. The zero-order valence-electron chi connectivity index (χ0n) is 11.5. The van der Waals surface area contributed by atoms with Gasteiger partial charge in [0, 0.05) is 18.2 Å². The number of nitrogens with zero attached hydrogens (tertiary/aromatic N) is 2. The Labute approximate surface area is 123 Å². The van der Waals surface area contributed by atoms with E-state index >= 15 is 0 Å². The smallest absolute Gasteiger partial charge is 0.175 e. The van der Waals surface area contributed by atoms with Gasteiger partial charge in [-0.3, -0.25) is 0 Å². The Morgan fingerprint density at radius 3 is 2.50 bits per heavy atom. The fraction of sp³-hybridized carbons (Fsp3) is 0.385. The van der Waals surface area contributed by atoms with Crippen LogP contribution in [0.4, 0.5) is 0 Å². The fourth-order valence-corrected chi connectivity index (χ4v) is 3.25. The van der Waals surface area contributed by atoms with Crippen molar-refractivity contribution in [3.05, 3.63) is 29.3 Å². The molecule has 2 aromatic rings. The second-order valence-electron chi connectivity index (χ2n) is 4.50. The molecule has 1 heterocycles. The summed E-state index contributed by atoms with van der Waals surface area (Å²) in [6.07, 6.45) is 3.13. The standard InChI is InChI=1S/C13H17N3O2S2/c1-14-9-3-4-12-15-16-13(19-12)10-5-7-11(8-6-10)20(2,17)18/h5-8,14H,3-4,9H2,1-2H3. The molecule has 0 saturated carbocycles. The SMILES string of the molecule is CNCCCc1nnc(-c2ccc(S(C)(=O)=O)cc2)s1. The summed E-state index contributed by atoms with van der Waals surface area (Å²) in [5.74, 6) is 0. The molecule has 1 aromatic heterocycles. The molecule has 0 bridgehead atoms. The first-order chi connectivity index (χ1) is 9.50. The van der Waals surface area contributed by atoms with Crippen LogP contribution in [0.5, 0.6) is 0 Å². The topological polar surface area (TPSA) is 72.0 Å². The number of hydrogen-bond donors (Lipinski definition) is 1. The lowest BCUT2D eigenvalue weighted by molar-refractivity contribution is 0.602. The van der Waals surface area contributed by atoms with Crippen LogP contribution in [0.2, 0.25) is 0 Å². The van der Waals surface area contributed by atoms with Crippen LogP contribution in [-0.4, -0.2) is 38.5 Å². The van der Waals surface area contributed by atoms with Gasteiger partial charge in [-0.15, -0.1) is 10.2 Å². The molecule has 0 atom stereocenters. The van der Waals surface area contributed by atoms with Crippen LogP contribution >= 0.6 is 11.3 Å². The van der Waals surface area contributed by atoms with Crippen molar-refractivity contribution >= 4 is 21.2 Å². The van der Waals surface area contributed by atoms with Gasteiger partial charge in [-0.25, -0.2) is 8.42 Å². The van der Waals surface area contributed by atoms with Crippen molar-refractivity contribution < 1.29 is 8.42 Å². The first kappa shape index (κ1) is 15.1. The van der Waals surface area contributed by atoms with E-state index in [1.807, 2.05) is 7.05 Å². The lowest BCUT2D eigenvalue weighted by atomic mass is 10.2. The maximum Gasteiger partial charge on any atom is 0.175 e. The lowest BCUT2D eigenvalue weighted by Gasteiger charge is -1.99. The molecule has 0 saturated heterocycles. The average Bonchev–Trinajstić information content (AvgIpc) is 2.87.